The van der Waals surface area contributed by atoms with Gasteiger partial charge in [-0.05, 0) is 38.5 Å². The monoisotopic (exact) mass is 270 g/mol. The van der Waals surface area contributed by atoms with Crippen LogP contribution in [0.3, 0.4) is 0 Å². The zero-order valence-corrected chi connectivity index (χ0v) is 13.3. The first-order valence-electron chi connectivity index (χ1n) is 7.52. The van der Waals surface area contributed by atoms with Gasteiger partial charge in [-0.1, -0.05) is 27.7 Å². The molecule has 0 aromatic heterocycles. The first-order chi connectivity index (χ1) is 8.75. The average molecular weight is 270 g/mol. The maximum atomic E-state index is 10.7. The lowest BCUT2D eigenvalue weighted by atomic mass is 9.83. The maximum Gasteiger partial charge on any atom is 0.163 e. The first-order valence-corrected chi connectivity index (χ1v) is 7.52. The van der Waals surface area contributed by atoms with Crippen molar-refractivity contribution >= 4 is 6.29 Å². The van der Waals surface area contributed by atoms with Gasteiger partial charge in [-0.25, -0.2) is 0 Å². The van der Waals surface area contributed by atoms with Gasteiger partial charge in [0.05, 0.1) is 12.7 Å². The van der Waals surface area contributed by atoms with E-state index in [4.69, 9.17) is 9.47 Å². The summed E-state index contributed by atoms with van der Waals surface area (Å²) in [6, 6.07) is 0. The fourth-order valence-electron chi connectivity index (χ4n) is 3.14. The van der Waals surface area contributed by atoms with Gasteiger partial charge in [0, 0.05) is 11.8 Å². The highest BCUT2D eigenvalue weighted by Crippen LogP contribution is 2.33. The molecule has 1 fully saturated rings. The van der Waals surface area contributed by atoms with E-state index in [0.29, 0.717) is 17.8 Å². The molecule has 0 aliphatic carbocycles. The number of hydrogen-bond donors (Lipinski definition) is 0. The predicted molar refractivity (Wildman–Crippen MR) is 76.9 cm³/mol. The Bertz CT molecular complexity index is 288. The molecule has 1 aliphatic heterocycles. The molecular formula is C16H30O3. The van der Waals surface area contributed by atoms with Crippen LogP contribution in [0.25, 0.3) is 0 Å². The van der Waals surface area contributed by atoms with Gasteiger partial charge in [-0.2, -0.15) is 0 Å². The second kappa shape index (κ2) is 6.85. The van der Waals surface area contributed by atoms with Crippen molar-refractivity contribution < 1.29 is 14.3 Å². The average Bonchev–Trinajstić information content (AvgIpc) is 2.31. The van der Waals surface area contributed by atoms with Crippen molar-refractivity contribution in [3.8, 4) is 0 Å². The highest BCUT2D eigenvalue weighted by atomic mass is 16.7. The van der Waals surface area contributed by atoms with Crippen LogP contribution in [0.15, 0.2) is 0 Å². The molecule has 19 heavy (non-hydrogen) atoms. The SMILES string of the molecule is C[C@@H](C[C@@H](C)C=O)C[C@H](C)[C@H]1OC(C)(C)OC[C@@H]1C. The van der Waals surface area contributed by atoms with Crippen LogP contribution in [0, 0.1) is 23.7 Å². The Morgan fingerprint density at radius 2 is 1.89 bits per heavy atom. The molecule has 1 saturated heterocycles. The third-order valence-corrected chi connectivity index (χ3v) is 4.02. The summed E-state index contributed by atoms with van der Waals surface area (Å²) >= 11 is 0. The molecule has 5 atom stereocenters. The quantitative estimate of drug-likeness (QED) is 0.691. The van der Waals surface area contributed by atoms with Crippen molar-refractivity contribution in [2.45, 2.75) is 66.3 Å². The van der Waals surface area contributed by atoms with Gasteiger partial charge in [-0.15, -0.1) is 0 Å². The lowest BCUT2D eigenvalue weighted by molar-refractivity contribution is -0.300. The van der Waals surface area contributed by atoms with Gasteiger partial charge >= 0.3 is 0 Å². The highest BCUT2D eigenvalue weighted by molar-refractivity contribution is 5.52. The van der Waals surface area contributed by atoms with E-state index in [9.17, 15) is 4.79 Å². The van der Waals surface area contributed by atoms with E-state index >= 15 is 0 Å². The topological polar surface area (TPSA) is 35.5 Å². The largest absolute Gasteiger partial charge is 0.350 e. The standard InChI is InChI=1S/C16H30O3/c1-11(7-12(2)9-17)8-13(3)15-14(4)10-18-16(5,6)19-15/h9,11-15H,7-8,10H2,1-6H3/t11-,12+,13-,14-,15+/m0/s1. The fourth-order valence-corrected chi connectivity index (χ4v) is 3.14. The zero-order chi connectivity index (χ0) is 14.6. The maximum absolute atomic E-state index is 10.7. The van der Waals surface area contributed by atoms with Gasteiger partial charge in [0.15, 0.2) is 5.79 Å². The third kappa shape index (κ3) is 5.23. The molecule has 112 valence electrons. The number of hydrogen-bond acceptors (Lipinski definition) is 3. The molecule has 3 nitrogen and oxygen atoms in total. The van der Waals surface area contributed by atoms with E-state index in [0.717, 1.165) is 25.7 Å². The first kappa shape index (κ1) is 16.6. The number of aldehydes is 1. The summed E-state index contributed by atoms with van der Waals surface area (Å²) in [5, 5.41) is 0. The summed E-state index contributed by atoms with van der Waals surface area (Å²) in [5.41, 5.74) is 0. The van der Waals surface area contributed by atoms with Gasteiger partial charge in [-0.3, -0.25) is 0 Å². The molecule has 0 aromatic carbocycles. The Hall–Kier alpha value is -0.410. The Balaban J connectivity index is 2.51. The lowest BCUT2D eigenvalue weighted by Crippen LogP contribution is -2.47. The third-order valence-electron chi connectivity index (χ3n) is 4.02. The minimum atomic E-state index is -0.467. The van der Waals surface area contributed by atoms with E-state index in [1.165, 1.54) is 0 Å². The molecule has 1 rings (SSSR count). The summed E-state index contributed by atoms with van der Waals surface area (Å²) in [6.45, 7) is 13.4. The van der Waals surface area contributed by atoms with Crippen LogP contribution in [-0.4, -0.2) is 24.8 Å². The summed E-state index contributed by atoms with van der Waals surface area (Å²) in [6.07, 6.45) is 3.37. The molecule has 0 N–H and O–H groups in total. The zero-order valence-electron chi connectivity index (χ0n) is 13.3. The molecule has 0 aromatic rings. The Morgan fingerprint density at radius 3 is 2.47 bits per heavy atom. The van der Waals surface area contributed by atoms with Crippen LogP contribution >= 0.6 is 0 Å². The second-order valence-corrected chi connectivity index (χ2v) is 6.94. The molecule has 0 saturated carbocycles. The van der Waals surface area contributed by atoms with Crippen LogP contribution in [0.2, 0.25) is 0 Å². The number of rotatable bonds is 6. The summed E-state index contributed by atoms with van der Waals surface area (Å²) < 4.78 is 11.8. The Morgan fingerprint density at radius 1 is 1.26 bits per heavy atom. The molecule has 0 bridgehead atoms. The van der Waals surface area contributed by atoms with Crippen LogP contribution < -0.4 is 0 Å². The van der Waals surface area contributed by atoms with E-state index < -0.39 is 5.79 Å². The summed E-state index contributed by atoms with van der Waals surface area (Å²) in [4.78, 5) is 10.7. The van der Waals surface area contributed by atoms with Crippen LogP contribution in [0.4, 0.5) is 0 Å². The minimum Gasteiger partial charge on any atom is -0.350 e. The molecule has 0 spiro atoms. The number of carbonyl (C=O) groups is 1. The van der Waals surface area contributed by atoms with Crippen LogP contribution in [0.1, 0.15) is 54.4 Å². The van der Waals surface area contributed by atoms with Crippen molar-refractivity contribution in [2.75, 3.05) is 6.61 Å². The summed E-state index contributed by atoms with van der Waals surface area (Å²) in [5.74, 6) is 1.17. The van der Waals surface area contributed by atoms with Crippen molar-refractivity contribution in [3.63, 3.8) is 0 Å². The second-order valence-electron chi connectivity index (χ2n) is 6.94. The van der Waals surface area contributed by atoms with E-state index in [-0.39, 0.29) is 12.0 Å². The number of ether oxygens (including phenoxy) is 2. The van der Waals surface area contributed by atoms with E-state index in [1.54, 1.807) is 0 Å². The highest BCUT2D eigenvalue weighted by Gasteiger charge is 2.37. The van der Waals surface area contributed by atoms with Gasteiger partial charge in [0.1, 0.15) is 6.29 Å². The van der Waals surface area contributed by atoms with Crippen molar-refractivity contribution in [1.29, 1.82) is 0 Å². The molecule has 3 heteroatoms. The fraction of sp³-hybridized carbons (Fsp3) is 0.938. The van der Waals surface area contributed by atoms with E-state index in [1.807, 2.05) is 20.8 Å². The molecule has 0 unspecified atom stereocenters. The van der Waals surface area contributed by atoms with Gasteiger partial charge < -0.3 is 14.3 Å². The molecule has 1 heterocycles. The molecule has 1 aliphatic rings. The summed E-state index contributed by atoms with van der Waals surface area (Å²) in [7, 11) is 0. The van der Waals surface area contributed by atoms with Gasteiger partial charge in [0.2, 0.25) is 0 Å². The molecule has 0 radical (unpaired) electrons. The minimum absolute atomic E-state index is 0.159. The Labute approximate surface area is 118 Å². The smallest absolute Gasteiger partial charge is 0.163 e. The van der Waals surface area contributed by atoms with E-state index in [2.05, 4.69) is 20.8 Å². The van der Waals surface area contributed by atoms with Crippen molar-refractivity contribution in [2.24, 2.45) is 23.7 Å². The molecular weight excluding hydrogens is 240 g/mol. The molecule has 0 amide bonds. The van der Waals surface area contributed by atoms with Crippen molar-refractivity contribution in [3.05, 3.63) is 0 Å². The van der Waals surface area contributed by atoms with Crippen molar-refractivity contribution in [1.82, 2.24) is 0 Å². The lowest BCUT2D eigenvalue weighted by Gasteiger charge is -2.43. The van der Waals surface area contributed by atoms with Crippen LogP contribution in [-0.2, 0) is 14.3 Å². The Kier molecular flexibility index (Phi) is 6.00. The van der Waals surface area contributed by atoms with Gasteiger partial charge in [0.25, 0.3) is 0 Å². The normalized spacial score (nSPS) is 31.5. The predicted octanol–water partition coefficient (Wildman–Crippen LogP) is 3.66. The van der Waals surface area contributed by atoms with Crippen LogP contribution in [0.5, 0.6) is 0 Å². The number of carbonyl (C=O) groups excluding carboxylic acids is 1.